The summed E-state index contributed by atoms with van der Waals surface area (Å²) in [5.41, 5.74) is 4.94. The van der Waals surface area contributed by atoms with Crippen LogP contribution in [0.15, 0.2) is 53.6 Å². The summed E-state index contributed by atoms with van der Waals surface area (Å²) in [5.74, 6) is -0.721. The highest BCUT2D eigenvalue weighted by Crippen LogP contribution is 2.49. The summed E-state index contributed by atoms with van der Waals surface area (Å²) in [4.78, 5) is 26.8. The van der Waals surface area contributed by atoms with Crippen molar-refractivity contribution < 1.29 is 29.3 Å². The summed E-state index contributed by atoms with van der Waals surface area (Å²) in [7, 11) is 3.08. The number of hydrogen-bond donors (Lipinski definition) is 2. The number of halogens is 1. The summed E-state index contributed by atoms with van der Waals surface area (Å²) in [5, 5.41) is 20.4. The standard InChI is InChI=1S/C29H30INO6/c1-31-28(34)20-13-19(14-32)25-21(26(20)29(31)35)15-37-23(25)9-8-18(17-6-4-3-5-7-17)10-16-11-22(30)27(33)24(12-16)36-2/h3-7,10-12,20-21,23,26,32-33H,8-9,13-15H2,1-2H3/b18-10-/t20-,21+,23-,26-/m1/s1. The second kappa shape index (κ2) is 10.6. The van der Waals surface area contributed by atoms with Crippen molar-refractivity contribution in [3.8, 4) is 11.5 Å². The number of hydrogen-bond acceptors (Lipinski definition) is 6. The van der Waals surface area contributed by atoms with E-state index in [1.807, 2.05) is 30.3 Å². The van der Waals surface area contributed by atoms with Crippen molar-refractivity contribution in [2.24, 2.45) is 17.8 Å². The number of amides is 2. The first-order chi connectivity index (χ1) is 17.8. The molecule has 5 rings (SSSR count). The Balaban J connectivity index is 1.44. The summed E-state index contributed by atoms with van der Waals surface area (Å²) >= 11 is 2.09. The van der Waals surface area contributed by atoms with Crippen molar-refractivity contribution >= 4 is 46.1 Å². The molecule has 0 radical (unpaired) electrons. The Morgan fingerprint density at radius 1 is 1.19 bits per heavy atom. The molecule has 2 aromatic carbocycles. The Morgan fingerprint density at radius 2 is 1.95 bits per heavy atom. The molecule has 2 heterocycles. The number of aliphatic hydroxyl groups is 1. The molecular weight excluding hydrogens is 585 g/mol. The molecule has 2 saturated heterocycles. The number of benzene rings is 2. The smallest absolute Gasteiger partial charge is 0.233 e. The molecule has 0 unspecified atom stereocenters. The molecule has 2 amide bonds. The fraction of sp³-hybridized carbons (Fsp3) is 0.379. The fourth-order valence-corrected chi connectivity index (χ4v) is 6.67. The van der Waals surface area contributed by atoms with Gasteiger partial charge in [0.1, 0.15) is 0 Å². The Labute approximate surface area is 229 Å². The van der Waals surface area contributed by atoms with Crippen molar-refractivity contribution in [2.45, 2.75) is 25.4 Å². The lowest BCUT2D eigenvalue weighted by atomic mass is 9.69. The first-order valence-electron chi connectivity index (χ1n) is 12.4. The normalized spacial score (nSPS) is 25.5. The van der Waals surface area contributed by atoms with Gasteiger partial charge < -0.3 is 19.7 Å². The van der Waals surface area contributed by atoms with E-state index in [0.717, 1.165) is 27.8 Å². The number of nitrogens with zero attached hydrogens (tertiary/aromatic N) is 1. The zero-order valence-corrected chi connectivity index (χ0v) is 23.0. The van der Waals surface area contributed by atoms with Gasteiger partial charge in [0.25, 0.3) is 0 Å². The van der Waals surface area contributed by atoms with E-state index in [-0.39, 0.29) is 36.2 Å². The van der Waals surface area contributed by atoms with Crippen LogP contribution < -0.4 is 4.74 Å². The first kappa shape index (κ1) is 25.9. The maximum absolute atomic E-state index is 12.9. The van der Waals surface area contributed by atoms with Crippen LogP contribution in [-0.2, 0) is 14.3 Å². The van der Waals surface area contributed by atoms with E-state index < -0.39 is 11.8 Å². The van der Waals surface area contributed by atoms with Gasteiger partial charge in [-0.1, -0.05) is 36.4 Å². The molecule has 0 spiro atoms. The first-order valence-corrected chi connectivity index (χ1v) is 13.5. The predicted octanol–water partition coefficient (Wildman–Crippen LogP) is 4.26. The van der Waals surface area contributed by atoms with Crippen LogP contribution in [0.3, 0.4) is 0 Å². The van der Waals surface area contributed by atoms with E-state index in [9.17, 15) is 19.8 Å². The molecule has 37 heavy (non-hydrogen) atoms. The summed E-state index contributed by atoms with van der Waals surface area (Å²) < 4.78 is 12.3. The van der Waals surface area contributed by atoms with Crippen LogP contribution in [0.5, 0.6) is 11.5 Å². The van der Waals surface area contributed by atoms with Crippen LogP contribution in [0.2, 0.25) is 0 Å². The molecule has 8 heteroatoms. The van der Waals surface area contributed by atoms with Gasteiger partial charge in [-0.2, -0.15) is 0 Å². The average molecular weight is 615 g/mol. The van der Waals surface area contributed by atoms with E-state index >= 15 is 0 Å². The molecular formula is C29H30INO6. The van der Waals surface area contributed by atoms with Crippen molar-refractivity contribution in [1.82, 2.24) is 4.90 Å². The second-order valence-electron chi connectivity index (χ2n) is 9.85. The molecule has 2 N–H and O–H groups in total. The number of rotatable bonds is 7. The zero-order chi connectivity index (χ0) is 26.3. The minimum atomic E-state index is -0.400. The zero-order valence-electron chi connectivity index (χ0n) is 20.8. The molecule has 4 atom stereocenters. The van der Waals surface area contributed by atoms with Crippen LogP contribution in [-0.4, -0.2) is 60.4 Å². The molecule has 2 aromatic rings. The lowest BCUT2D eigenvalue weighted by Crippen LogP contribution is -2.34. The van der Waals surface area contributed by atoms with E-state index in [1.54, 1.807) is 7.05 Å². The van der Waals surface area contributed by atoms with Crippen molar-refractivity contribution in [1.29, 1.82) is 0 Å². The number of phenols is 1. The maximum atomic E-state index is 12.9. The molecule has 2 aliphatic heterocycles. The minimum Gasteiger partial charge on any atom is -0.504 e. The fourth-order valence-electron chi connectivity index (χ4n) is 6.05. The number of fused-ring (bicyclic) bond motifs is 3. The summed E-state index contributed by atoms with van der Waals surface area (Å²) in [6.07, 6.45) is 3.67. The van der Waals surface area contributed by atoms with Gasteiger partial charge in [-0.15, -0.1) is 0 Å². The van der Waals surface area contributed by atoms with E-state index in [4.69, 9.17) is 9.47 Å². The van der Waals surface area contributed by atoms with Gasteiger partial charge in [0.2, 0.25) is 11.8 Å². The highest BCUT2D eigenvalue weighted by atomic mass is 127. The molecule has 3 aliphatic rings. The van der Waals surface area contributed by atoms with Gasteiger partial charge in [0.15, 0.2) is 11.5 Å². The molecule has 1 aliphatic carbocycles. The Kier molecular flexibility index (Phi) is 7.42. The monoisotopic (exact) mass is 615 g/mol. The van der Waals surface area contributed by atoms with Crippen LogP contribution in [0.4, 0.5) is 0 Å². The SMILES string of the molecule is COc1cc(/C=C(/CC[C@H]2OC[C@H]3C2=C(CO)C[C@H]2C(=O)N(C)C(=O)[C@H]23)c2ccccc2)cc(I)c1O. The number of carbonyl (C=O) groups is 2. The number of aliphatic hydroxyl groups excluding tert-OH is 1. The van der Waals surface area contributed by atoms with E-state index in [0.29, 0.717) is 35.2 Å². The summed E-state index contributed by atoms with van der Waals surface area (Å²) in [6.45, 7) is 0.252. The van der Waals surface area contributed by atoms with Gasteiger partial charge in [0, 0.05) is 13.0 Å². The van der Waals surface area contributed by atoms with Crippen LogP contribution >= 0.6 is 22.6 Å². The third-order valence-corrected chi connectivity index (χ3v) is 8.67. The maximum Gasteiger partial charge on any atom is 0.233 e. The number of imide groups is 1. The largest absolute Gasteiger partial charge is 0.504 e. The molecule has 0 saturated carbocycles. The molecule has 0 aromatic heterocycles. The molecule has 7 nitrogen and oxygen atoms in total. The quantitative estimate of drug-likeness (QED) is 0.209. The number of allylic oxidation sites excluding steroid dienone is 1. The van der Waals surface area contributed by atoms with Gasteiger partial charge in [-0.25, -0.2) is 0 Å². The van der Waals surface area contributed by atoms with Crippen molar-refractivity contribution in [2.75, 3.05) is 27.4 Å². The second-order valence-corrected chi connectivity index (χ2v) is 11.0. The molecule has 0 bridgehead atoms. The van der Waals surface area contributed by atoms with Gasteiger partial charge in [-0.3, -0.25) is 14.5 Å². The Bertz CT molecular complexity index is 1290. The third kappa shape index (κ3) is 4.70. The average Bonchev–Trinajstić information content (AvgIpc) is 3.43. The van der Waals surface area contributed by atoms with Gasteiger partial charge >= 0.3 is 0 Å². The highest BCUT2D eigenvalue weighted by Gasteiger charge is 2.55. The molecule has 2 fully saturated rings. The third-order valence-electron chi connectivity index (χ3n) is 7.85. The minimum absolute atomic E-state index is 0.122. The Morgan fingerprint density at radius 3 is 2.65 bits per heavy atom. The van der Waals surface area contributed by atoms with Crippen molar-refractivity contribution in [3.63, 3.8) is 0 Å². The summed E-state index contributed by atoms with van der Waals surface area (Å²) in [6, 6.07) is 13.8. The number of methoxy groups -OCH3 is 1. The van der Waals surface area contributed by atoms with Gasteiger partial charge in [-0.05, 0) is 81.8 Å². The number of aromatic hydroxyl groups is 1. The van der Waals surface area contributed by atoms with Crippen LogP contribution in [0.1, 0.15) is 30.4 Å². The highest BCUT2D eigenvalue weighted by molar-refractivity contribution is 14.1. The number of phenolic OH excluding ortho intramolecular Hbond substituents is 1. The topological polar surface area (TPSA) is 96.3 Å². The van der Waals surface area contributed by atoms with Crippen LogP contribution in [0, 0.1) is 21.3 Å². The molecule has 194 valence electrons. The number of carbonyl (C=O) groups excluding carboxylic acids is 2. The number of likely N-dealkylation sites (tertiary alicyclic amines) is 1. The lowest BCUT2D eigenvalue weighted by Gasteiger charge is -2.31. The van der Waals surface area contributed by atoms with Crippen LogP contribution in [0.25, 0.3) is 11.6 Å². The van der Waals surface area contributed by atoms with Crippen molar-refractivity contribution in [3.05, 3.63) is 68.3 Å². The van der Waals surface area contributed by atoms with E-state index in [2.05, 4.69) is 40.8 Å². The Hall–Kier alpha value is -2.69. The predicted molar refractivity (Wildman–Crippen MR) is 148 cm³/mol. The lowest BCUT2D eigenvalue weighted by molar-refractivity contribution is -0.138. The van der Waals surface area contributed by atoms with E-state index in [1.165, 1.54) is 12.0 Å². The number of ether oxygens (including phenoxy) is 2. The van der Waals surface area contributed by atoms with Gasteiger partial charge in [0.05, 0.1) is 41.8 Å².